The average molecular weight is 268 g/mol. The van der Waals surface area contributed by atoms with Crippen molar-refractivity contribution < 1.29 is 12.6 Å². The van der Waals surface area contributed by atoms with Gasteiger partial charge in [-0.15, -0.1) is 0 Å². The Balaban J connectivity index is 0.00000256. The molecule has 0 aliphatic rings. The predicted molar refractivity (Wildman–Crippen MR) is 70.9 cm³/mol. The number of benzene rings is 1. The first-order valence-electron chi connectivity index (χ1n) is 5.03. The molecular formula is C10H17N2NaO3S. The molecule has 17 heavy (non-hydrogen) atoms. The Morgan fingerprint density at radius 1 is 1.18 bits per heavy atom. The van der Waals surface area contributed by atoms with Crippen LogP contribution in [0.25, 0.3) is 0 Å². The van der Waals surface area contributed by atoms with Crippen LogP contribution in [0.1, 0.15) is 13.8 Å². The monoisotopic (exact) mass is 268 g/mol. The zero-order valence-corrected chi connectivity index (χ0v) is 10.2. The van der Waals surface area contributed by atoms with Gasteiger partial charge in [0.2, 0.25) is 0 Å². The maximum absolute atomic E-state index is 10.7. The Hall–Kier alpha value is -0.270. The Labute approximate surface area is 124 Å². The summed E-state index contributed by atoms with van der Waals surface area (Å²) in [4.78, 5) is 2.14. The van der Waals surface area contributed by atoms with Crippen molar-refractivity contribution in [2.24, 2.45) is 5.14 Å². The number of nitrogens with two attached hydrogens (primary N) is 1. The number of anilines is 1. The van der Waals surface area contributed by atoms with Crippen LogP contribution in [0.15, 0.2) is 24.3 Å². The molecule has 1 aromatic carbocycles. The van der Waals surface area contributed by atoms with Crippen LogP contribution in [0.5, 0.6) is 5.75 Å². The molecule has 0 heterocycles. The van der Waals surface area contributed by atoms with Gasteiger partial charge in [-0.1, -0.05) is 0 Å². The van der Waals surface area contributed by atoms with E-state index in [1.165, 1.54) is 0 Å². The third-order valence-electron chi connectivity index (χ3n) is 2.18. The van der Waals surface area contributed by atoms with Gasteiger partial charge in [0, 0.05) is 18.8 Å². The molecule has 0 saturated heterocycles. The molecule has 0 bridgehead atoms. The van der Waals surface area contributed by atoms with Gasteiger partial charge in [0.05, 0.1) is 0 Å². The third-order valence-corrected chi connectivity index (χ3v) is 2.60. The summed E-state index contributed by atoms with van der Waals surface area (Å²) in [5.41, 5.74) is 1.02. The summed E-state index contributed by atoms with van der Waals surface area (Å²) in [6, 6.07) is 6.76. The molecule has 0 aliphatic carbocycles. The summed E-state index contributed by atoms with van der Waals surface area (Å²) in [5.74, 6) is 0.221. The van der Waals surface area contributed by atoms with Gasteiger partial charge in [0.25, 0.3) is 0 Å². The van der Waals surface area contributed by atoms with E-state index in [1.807, 2.05) is 0 Å². The van der Waals surface area contributed by atoms with Crippen molar-refractivity contribution in [2.75, 3.05) is 18.0 Å². The molecule has 0 amide bonds. The van der Waals surface area contributed by atoms with Gasteiger partial charge >= 0.3 is 39.9 Å². The van der Waals surface area contributed by atoms with Crippen molar-refractivity contribution in [3.05, 3.63) is 24.3 Å². The SMILES string of the molecule is CCN(CC)c1ccc(OS(N)(=O)=O)cc1.[NaH]. The van der Waals surface area contributed by atoms with Gasteiger partial charge in [-0.3, -0.25) is 0 Å². The van der Waals surface area contributed by atoms with Crippen molar-refractivity contribution in [2.45, 2.75) is 13.8 Å². The molecule has 5 nitrogen and oxygen atoms in total. The van der Waals surface area contributed by atoms with Gasteiger partial charge < -0.3 is 9.08 Å². The van der Waals surface area contributed by atoms with Crippen LogP contribution in [-0.4, -0.2) is 51.1 Å². The summed E-state index contributed by atoms with van der Waals surface area (Å²) in [6.07, 6.45) is 0. The first kappa shape index (κ1) is 16.7. The molecule has 0 unspecified atom stereocenters. The standard InChI is InChI=1S/C10H16N2O3S.Na.H/c1-3-12(4-2)9-5-7-10(8-6-9)15-16(11,13)14;;/h5-8H,3-4H2,1-2H3,(H2,11,13,14);;. The quantitative estimate of drug-likeness (QED) is 0.788. The van der Waals surface area contributed by atoms with Crippen molar-refractivity contribution in [1.29, 1.82) is 0 Å². The van der Waals surface area contributed by atoms with E-state index >= 15 is 0 Å². The Morgan fingerprint density at radius 3 is 2.00 bits per heavy atom. The van der Waals surface area contributed by atoms with E-state index in [4.69, 9.17) is 5.14 Å². The fourth-order valence-electron chi connectivity index (χ4n) is 1.44. The molecule has 0 radical (unpaired) electrons. The van der Waals surface area contributed by atoms with Gasteiger partial charge in [0.15, 0.2) is 0 Å². The molecule has 0 saturated carbocycles. The topological polar surface area (TPSA) is 72.6 Å². The number of hydrogen-bond donors (Lipinski definition) is 1. The van der Waals surface area contributed by atoms with Crippen LogP contribution in [0, 0.1) is 0 Å². The van der Waals surface area contributed by atoms with E-state index in [0.29, 0.717) is 0 Å². The molecule has 0 aliphatic heterocycles. The van der Waals surface area contributed by atoms with E-state index in [-0.39, 0.29) is 35.3 Å². The molecule has 0 fully saturated rings. The second-order valence-corrected chi connectivity index (χ2v) is 4.39. The zero-order valence-electron chi connectivity index (χ0n) is 9.38. The predicted octanol–water partition coefficient (Wildman–Crippen LogP) is 0.467. The van der Waals surface area contributed by atoms with Crippen LogP contribution in [-0.2, 0) is 10.3 Å². The Bertz CT molecular complexity index is 429. The van der Waals surface area contributed by atoms with Crippen LogP contribution in [0.4, 0.5) is 5.69 Å². The summed E-state index contributed by atoms with van der Waals surface area (Å²) < 4.78 is 25.9. The molecule has 1 rings (SSSR count). The number of hydrogen-bond acceptors (Lipinski definition) is 4. The average Bonchev–Trinajstić information content (AvgIpc) is 2.20. The Kier molecular flexibility index (Phi) is 7.11. The van der Waals surface area contributed by atoms with E-state index in [0.717, 1.165) is 18.8 Å². The molecule has 92 valence electrons. The molecule has 0 atom stereocenters. The molecule has 0 aromatic heterocycles. The van der Waals surface area contributed by atoms with Gasteiger partial charge in [-0.2, -0.15) is 13.6 Å². The zero-order chi connectivity index (χ0) is 12.2. The van der Waals surface area contributed by atoms with Crippen molar-refractivity contribution in [3.63, 3.8) is 0 Å². The van der Waals surface area contributed by atoms with E-state index in [9.17, 15) is 8.42 Å². The normalized spacial score (nSPS) is 10.5. The van der Waals surface area contributed by atoms with Crippen molar-refractivity contribution in [3.8, 4) is 5.75 Å². The summed E-state index contributed by atoms with van der Waals surface area (Å²) in [7, 11) is -3.94. The second kappa shape index (κ2) is 7.23. The Morgan fingerprint density at radius 2 is 1.65 bits per heavy atom. The fourth-order valence-corrected chi connectivity index (χ4v) is 1.81. The van der Waals surface area contributed by atoms with E-state index in [2.05, 4.69) is 22.9 Å². The molecule has 2 N–H and O–H groups in total. The van der Waals surface area contributed by atoms with Crippen LogP contribution in [0.3, 0.4) is 0 Å². The number of rotatable bonds is 5. The van der Waals surface area contributed by atoms with Crippen LogP contribution >= 0.6 is 0 Å². The first-order valence-corrected chi connectivity index (χ1v) is 6.50. The maximum atomic E-state index is 10.7. The molecule has 7 heteroatoms. The van der Waals surface area contributed by atoms with Crippen LogP contribution < -0.4 is 14.2 Å². The van der Waals surface area contributed by atoms with Gasteiger partial charge in [0.1, 0.15) is 5.75 Å². The minimum absolute atomic E-state index is 0. The fraction of sp³-hybridized carbons (Fsp3) is 0.400. The van der Waals surface area contributed by atoms with Gasteiger partial charge in [-0.05, 0) is 38.1 Å². The molecule has 1 aromatic rings. The third kappa shape index (κ3) is 5.74. The second-order valence-electron chi connectivity index (χ2n) is 3.24. The molecule has 0 spiro atoms. The first-order chi connectivity index (χ1) is 7.46. The van der Waals surface area contributed by atoms with Crippen molar-refractivity contribution >= 4 is 45.5 Å². The van der Waals surface area contributed by atoms with E-state index < -0.39 is 10.3 Å². The van der Waals surface area contributed by atoms with Crippen molar-refractivity contribution in [1.82, 2.24) is 0 Å². The minimum atomic E-state index is -3.94. The summed E-state index contributed by atoms with van der Waals surface area (Å²) >= 11 is 0. The van der Waals surface area contributed by atoms with Crippen LogP contribution in [0.2, 0.25) is 0 Å². The summed E-state index contributed by atoms with van der Waals surface area (Å²) in [5, 5.41) is 4.76. The number of nitrogens with zero attached hydrogens (tertiary/aromatic N) is 1. The van der Waals surface area contributed by atoms with E-state index in [1.54, 1.807) is 24.3 Å². The summed E-state index contributed by atoms with van der Waals surface area (Å²) in [6.45, 7) is 5.90. The molecular weight excluding hydrogens is 251 g/mol. The van der Waals surface area contributed by atoms with Gasteiger partial charge in [-0.25, -0.2) is 0 Å².